The summed E-state index contributed by atoms with van der Waals surface area (Å²) in [4.78, 5) is 21.1. The third-order valence-electron chi connectivity index (χ3n) is 4.97. The van der Waals surface area contributed by atoms with Gasteiger partial charge in [0.1, 0.15) is 6.33 Å². The number of rotatable bonds is 4. The minimum Gasteiger partial charge on any atom is -0.349 e. The molecule has 0 radical (unpaired) electrons. The summed E-state index contributed by atoms with van der Waals surface area (Å²) in [7, 11) is 0. The Morgan fingerprint density at radius 2 is 2.23 bits per heavy atom. The van der Waals surface area contributed by atoms with E-state index < -0.39 is 0 Å². The predicted molar refractivity (Wildman–Crippen MR) is 101 cm³/mol. The number of nitrogens with one attached hydrogen (secondary N) is 2. The fourth-order valence-corrected chi connectivity index (χ4v) is 4.34. The zero-order valence-electron chi connectivity index (χ0n) is 14.8. The molecule has 1 aromatic carbocycles. The highest BCUT2D eigenvalue weighted by atomic mass is 32.1. The van der Waals surface area contributed by atoms with Crippen molar-refractivity contribution in [2.24, 2.45) is 0 Å². The average molecular weight is 367 g/mol. The number of hydrogen-bond acceptors (Lipinski definition) is 5. The molecule has 0 spiro atoms. The minimum absolute atomic E-state index is 0.000992. The van der Waals surface area contributed by atoms with Gasteiger partial charge >= 0.3 is 0 Å². The minimum atomic E-state index is -0.000992. The first-order chi connectivity index (χ1) is 12.5. The van der Waals surface area contributed by atoms with Gasteiger partial charge in [-0.25, -0.2) is 9.97 Å². The molecule has 1 aliphatic rings. The van der Waals surface area contributed by atoms with E-state index in [0.29, 0.717) is 5.82 Å². The fourth-order valence-electron chi connectivity index (χ4n) is 3.58. The van der Waals surface area contributed by atoms with Gasteiger partial charge < -0.3 is 5.32 Å². The van der Waals surface area contributed by atoms with Gasteiger partial charge in [-0.2, -0.15) is 5.10 Å². The first kappa shape index (κ1) is 16.9. The lowest BCUT2D eigenvalue weighted by atomic mass is 9.71. The number of hydrogen-bond donors (Lipinski definition) is 2. The second-order valence-electron chi connectivity index (χ2n) is 7.28. The largest absolute Gasteiger partial charge is 0.349 e. The topological polar surface area (TPSA) is 83.6 Å². The number of carbonyl (C=O) groups excluding carboxylic acids is 1. The molecule has 4 rings (SSSR count). The van der Waals surface area contributed by atoms with Crippen molar-refractivity contribution in [2.75, 3.05) is 0 Å². The molecule has 26 heavy (non-hydrogen) atoms. The molecular formula is C19H21N5OS. The number of amides is 1. The van der Waals surface area contributed by atoms with Gasteiger partial charge in [0.15, 0.2) is 10.8 Å². The molecule has 2 heterocycles. The Bertz CT molecular complexity index is 916. The Kier molecular flexibility index (Phi) is 4.32. The van der Waals surface area contributed by atoms with Crippen LogP contribution < -0.4 is 5.32 Å². The lowest BCUT2D eigenvalue weighted by Gasteiger charge is -2.37. The molecule has 2 aromatic heterocycles. The Hall–Kier alpha value is -2.54. The molecule has 0 saturated carbocycles. The van der Waals surface area contributed by atoms with Crippen LogP contribution >= 0.6 is 11.3 Å². The van der Waals surface area contributed by atoms with Crippen molar-refractivity contribution in [3.05, 3.63) is 52.8 Å². The molecule has 1 atom stereocenters. The zero-order valence-corrected chi connectivity index (χ0v) is 15.6. The van der Waals surface area contributed by atoms with Crippen molar-refractivity contribution in [1.82, 2.24) is 25.5 Å². The van der Waals surface area contributed by atoms with Crippen LogP contribution in [-0.4, -0.2) is 26.1 Å². The molecule has 134 valence electrons. The SMILES string of the molecule is CC1(C)CCC(NC(=O)Cc2csc(-c3ncn[nH]3)n2)c2ccccc21. The van der Waals surface area contributed by atoms with Crippen LogP contribution in [0.5, 0.6) is 0 Å². The van der Waals surface area contributed by atoms with Crippen molar-refractivity contribution in [3.63, 3.8) is 0 Å². The summed E-state index contributed by atoms with van der Waals surface area (Å²) < 4.78 is 0. The van der Waals surface area contributed by atoms with Crippen LogP contribution in [0.1, 0.15) is 49.6 Å². The summed E-state index contributed by atoms with van der Waals surface area (Å²) >= 11 is 1.46. The molecule has 2 N–H and O–H groups in total. The summed E-state index contributed by atoms with van der Waals surface area (Å²) in [6.07, 6.45) is 3.73. The highest BCUT2D eigenvalue weighted by Gasteiger charge is 2.32. The molecule has 7 heteroatoms. The third-order valence-corrected chi connectivity index (χ3v) is 5.87. The number of aromatic amines is 1. The summed E-state index contributed by atoms with van der Waals surface area (Å²) in [6, 6.07) is 8.50. The highest BCUT2D eigenvalue weighted by Crippen LogP contribution is 2.41. The van der Waals surface area contributed by atoms with E-state index in [2.05, 4.69) is 57.5 Å². The monoisotopic (exact) mass is 367 g/mol. The normalized spacial score (nSPS) is 18.3. The number of fused-ring (bicyclic) bond motifs is 1. The van der Waals surface area contributed by atoms with E-state index in [9.17, 15) is 4.79 Å². The Morgan fingerprint density at radius 3 is 3.04 bits per heavy atom. The van der Waals surface area contributed by atoms with E-state index in [1.807, 2.05) is 11.4 Å². The zero-order chi connectivity index (χ0) is 18.1. The number of aromatic nitrogens is 4. The van der Waals surface area contributed by atoms with Gasteiger partial charge in [0.2, 0.25) is 5.91 Å². The molecule has 0 fully saturated rings. The summed E-state index contributed by atoms with van der Waals surface area (Å²) in [5, 5.41) is 12.5. The number of nitrogens with zero attached hydrogens (tertiary/aromatic N) is 3. The third kappa shape index (κ3) is 3.26. The van der Waals surface area contributed by atoms with Crippen molar-refractivity contribution < 1.29 is 4.79 Å². The number of thiazole rings is 1. The Morgan fingerprint density at radius 1 is 1.38 bits per heavy atom. The number of benzene rings is 1. The van der Waals surface area contributed by atoms with Crippen LogP contribution in [0.4, 0.5) is 0 Å². The summed E-state index contributed by atoms with van der Waals surface area (Å²) in [5.74, 6) is 0.629. The number of carbonyl (C=O) groups is 1. The maximum Gasteiger partial charge on any atom is 0.226 e. The molecular weight excluding hydrogens is 346 g/mol. The van der Waals surface area contributed by atoms with Gasteiger partial charge in [-0.15, -0.1) is 11.3 Å². The van der Waals surface area contributed by atoms with Crippen molar-refractivity contribution in [3.8, 4) is 10.8 Å². The van der Waals surface area contributed by atoms with Crippen molar-refractivity contribution in [2.45, 2.75) is 44.6 Å². The van der Waals surface area contributed by atoms with E-state index in [0.717, 1.165) is 23.5 Å². The molecule has 1 aliphatic carbocycles. The quantitative estimate of drug-likeness (QED) is 0.740. The lowest BCUT2D eigenvalue weighted by molar-refractivity contribution is -0.121. The van der Waals surface area contributed by atoms with Crippen LogP contribution in [0, 0.1) is 0 Å². The van der Waals surface area contributed by atoms with Crippen LogP contribution in [0.15, 0.2) is 36.0 Å². The van der Waals surface area contributed by atoms with Crippen LogP contribution in [0.2, 0.25) is 0 Å². The lowest BCUT2D eigenvalue weighted by Crippen LogP contribution is -2.36. The van der Waals surface area contributed by atoms with Gasteiger partial charge in [0.05, 0.1) is 18.2 Å². The fraction of sp³-hybridized carbons (Fsp3) is 0.368. The van der Waals surface area contributed by atoms with E-state index in [-0.39, 0.29) is 23.8 Å². The Balaban J connectivity index is 1.46. The van der Waals surface area contributed by atoms with E-state index in [1.54, 1.807) is 0 Å². The number of H-pyrrole nitrogens is 1. The average Bonchev–Trinajstić information content (AvgIpc) is 3.29. The van der Waals surface area contributed by atoms with E-state index in [1.165, 1.54) is 28.8 Å². The second-order valence-corrected chi connectivity index (χ2v) is 8.14. The Labute approximate surface area is 156 Å². The molecule has 1 amide bonds. The highest BCUT2D eigenvalue weighted by molar-refractivity contribution is 7.13. The summed E-state index contributed by atoms with van der Waals surface area (Å²) in [5.41, 5.74) is 3.47. The van der Waals surface area contributed by atoms with Crippen molar-refractivity contribution in [1.29, 1.82) is 0 Å². The molecule has 3 aromatic rings. The first-order valence-corrected chi connectivity index (χ1v) is 9.60. The van der Waals surface area contributed by atoms with Crippen LogP contribution in [-0.2, 0) is 16.6 Å². The van der Waals surface area contributed by atoms with E-state index >= 15 is 0 Å². The second kappa shape index (κ2) is 6.64. The van der Waals surface area contributed by atoms with Crippen LogP contribution in [0.3, 0.4) is 0 Å². The van der Waals surface area contributed by atoms with Gasteiger partial charge in [-0.05, 0) is 29.4 Å². The first-order valence-electron chi connectivity index (χ1n) is 8.72. The maximum absolute atomic E-state index is 12.6. The predicted octanol–water partition coefficient (Wildman–Crippen LogP) is 3.40. The van der Waals surface area contributed by atoms with Gasteiger partial charge in [-0.1, -0.05) is 38.1 Å². The van der Waals surface area contributed by atoms with Gasteiger partial charge in [0, 0.05) is 5.38 Å². The molecule has 0 saturated heterocycles. The van der Waals surface area contributed by atoms with Gasteiger partial charge in [-0.3, -0.25) is 9.89 Å². The summed E-state index contributed by atoms with van der Waals surface area (Å²) in [6.45, 7) is 4.54. The van der Waals surface area contributed by atoms with Gasteiger partial charge in [0.25, 0.3) is 0 Å². The molecule has 0 bridgehead atoms. The smallest absolute Gasteiger partial charge is 0.226 e. The van der Waals surface area contributed by atoms with Crippen molar-refractivity contribution >= 4 is 17.2 Å². The molecule has 6 nitrogen and oxygen atoms in total. The maximum atomic E-state index is 12.6. The van der Waals surface area contributed by atoms with E-state index in [4.69, 9.17) is 0 Å². The molecule has 0 aliphatic heterocycles. The molecule has 1 unspecified atom stereocenters. The standard InChI is InChI=1S/C19H21N5OS/c1-19(2)8-7-15(13-5-3-4-6-14(13)19)23-16(25)9-12-10-26-18(22-12)17-20-11-21-24-17/h3-6,10-11,15H,7-9H2,1-2H3,(H,23,25)(H,20,21,24). The van der Waals surface area contributed by atoms with Crippen LogP contribution in [0.25, 0.3) is 10.8 Å².